The van der Waals surface area contributed by atoms with Gasteiger partial charge in [-0.3, -0.25) is 18.7 Å². The molecule has 1 aromatic carbocycles. The fourth-order valence-corrected chi connectivity index (χ4v) is 3.65. The normalized spacial score (nSPS) is 11.0. The largest absolute Gasteiger partial charge is 0.355 e. The molecular weight excluding hydrogens is 369 g/mol. The number of amides is 1. The summed E-state index contributed by atoms with van der Waals surface area (Å²) < 4.78 is 15.9. The zero-order valence-electron chi connectivity index (χ0n) is 14.9. The lowest BCUT2D eigenvalue weighted by atomic mass is 10.2. The summed E-state index contributed by atoms with van der Waals surface area (Å²) in [5.41, 5.74) is 0.124. The van der Waals surface area contributed by atoms with Gasteiger partial charge in [0.15, 0.2) is 0 Å². The lowest BCUT2D eigenvalue weighted by molar-refractivity contribution is -0.121. The van der Waals surface area contributed by atoms with E-state index in [1.54, 1.807) is 11.4 Å². The van der Waals surface area contributed by atoms with E-state index >= 15 is 0 Å². The molecular formula is C19H20FN3O3S. The van der Waals surface area contributed by atoms with Crippen molar-refractivity contribution in [3.05, 3.63) is 67.9 Å². The molecule has 0 unspecified atom stereocenters. The highest BCUT2D eigenvalue weighted by Crippen LogP contribution is 2.15. The topological polar surface area (TPSA) is 73.1 Å². The molecule has 2 aromatic heterocycles. The summed E-state index contributed by atoms with van der Waals surface area (Å²) in [4.78, 5) is 37.8. The van der Waals surface area contributed by atoms with Crippen LogP contribution in [0.15, 0.2) is 45.3 Å². The minimum Gasteiger partial charge on any atom is -0.355 e. The number of benzene rings is 1. The number of hydrogen-bond donors (Lipinski definition) is 1. The quantitative estimate of drug-likeness (QED) is 0.631. The zero-order chi connectivity index (χ0) is 19.4. The number of nitrogens with one attached hydrogen (secondary N) is 1. The molecule has 0 fully saturated rings. The van der Waals surface area contributed by atoms with Crippen LogP contribution in [-0.4, -0.2) is 21.6 Å². The van der Waals surface area contributed by atoms with Crippen LogP contribution in [0.2, 0.25) is 0 Å². The second-order valence-electron chi connectivity index (χ2n) is 6.22. The number of carbonyl (C=O) groups is 1. The molecule has 0 saturated carbocycles. The smallest absolute Gasteiger partial charge is 0.332 e. The standard InChI is InChI=1S/C19H20FN3O3S/c1-2-3-9-21-16(24)12-22-15-8-10-27-17(15)18(25)23(19(22)26)11-13-4-6-14(20)7-5-13/h4-8,10H,2-3,9,11-12H2,1H3,(H,21,24). The number of nitrogens with zero attached hydrogens (tertiary/aromatic N) is 2. The van der Waals surface area contributed by atoms with Crippen molar-refractivity contribution in [2.45, 2.75) is 32.9 Å². The Morgan fingerprint density at radius 1 is 1.15 bits per heavy atom. The summed E-state index contributed by atoms with van der Waals surface area (Å²) in [6, 6.07) is 7.29. The van der Waals surface area contributed by atoms with Crippen LogP contribution < -0.4 is 16.6 Å². The molecule has 0 bridgehead atoms. The SMILES string of the molecule is CCCCNC(=O)Cn1c(=O)n(Cc2ccc(F)cc2)c(=O)c2sccc21. The van der Waals surface area contributed by atoms with Crippen LogP contribution in [0, 0.1) is 5.82 Å². The Bertz CT molecular complexity index is 1070. The van der Waals surface area contributed by atoms with Gasteiger partial charge in [0, 0.05) is 6.54 Å². The lowest BCUT2D eigenvalue weighted by Gasteiger charge is -2.12. The van der Waals surface area contributed by atoms with Gasteiger partial charge in [-0.1, -0.05) is 25.5 Å². The number of carbonyl (C=O) groups excluding carboxylic acids is 1. The Kier molecular flexibility index (Phi) is 5.85. The molecule has 0 aliphatic rings. The maximum Gasteiger partial charge on any atom is 0.332 e. The van der Waals surface area contributed by atoms with E-state index in [0.717, 1.165) is 17.4 Å². The lowest BCUT2D eigenvalue weighted by Crippen LogP contribution is -2.42. The van der Waals surface area contributed by atoms with E-state index in [-0.39, 0.29) is 24.8 Å². The molecule has 0 spiro atoms. The van der Waals surface area contributed by atoms with Gasteiger partial charge in [0.2, 0.25) is 5.91 Å². The van der Waals surface area contributed by atoms with Gasteiger partial charge in [0.1, 0.15) is 17.1 Å². The molecule has 0 aliphatic carbocycles. The van der Waals surface area contributed by atoms with Crippen molar-refractivity contribution in [1.29, 1.82) is 0 Å². The van der Waals surface area contributed by atoms with Crippen LogP contribution in [-0.2, 0) is 17.9 Å². The van der Waals surface area contributed by atoms with Gasteiger partial charge in [0.05, 0.1) is 12.1 Å². The Morgan fingerprint density at radius 2 is 1.89 bits per heavy atom. The van der Waals surface area contributed by atoms with Crippen molar-refractivity contribution in [1.82, 2.24) is 14.5 Å². The summed E-state index contributed by atoms with van der Waals surface area (Å²) in [6.45, 7) is 2.44. The third-order valence-electron chi connectivity index (χ3n) is 4.24. The molecule has 3 rings (SSSR count). The molecule has 1 N–H and O–H groups in total. The van der Waals surface area contributed by atoms with Gasteiger partial charge in [-0.2, -0.15) is 0 Å². The average Bonchev–Trinajstić information content (AvgIpc) is 3.14. The third-order valence-corrected chi connectivity index (χ3v) is 5.14. The maximum absolute atomic E-state index is 13.1. The van der Waals surface area contributed by atoms with Crippen LogP contribution >= 0.6 is 11.3 Å². The van der Waals surface area contributed by atoms with Crippen LogP contribution in [0.3, 0.4) is 0 Å². The first kappa shape index (κ1) is 19.0. The van der Waals surface area contributed by atoms with Gasteiger partial charge >= 0.3 is 5.69 Å². The van der Waals surface area contributed by atoms with Crippen molar-refractivity contribution in [3.63, 3.8) is 0 Å². The third kappa shape index (κ3) is 4.16. The molecule has 1 amide bonds. The fraction of sp³-hybridized carbons (Fsp3) is 0.316. The molecule has 3 aromatic rings. The van der Waals surface area contributed by atoms with Crippen LogP contribution in [0.5, 0.6) is 0 Å². The minimum atomic E-state index is -0.555. The van der Waals surface area contributed by atoms with E-state index in [2.05, 4.69) is 5.32 Å². The van der Waals surface area contributed by atoms with Crippen molar-refractivity contribution >= 4 is 27.5 Å². The number of aromatic nitrogens is 2. The van der Waals surface area contributed by atoms with Gasteiger partial charge in [-0.05, 0) is 35.6 Å². The molecule has 2 heterocycles. The molecule has 0 atom stereocenters. The number of unbranched alkanes of at least 4 members (excludes halogenated alkanes) is 1. The highest BCUT2D eigenvalue weighted by Gasteiger charge is 2.16. The van der Waals surface area contributed by atoms with E-state index in [0.29, 0.717) is 22.3 Å². The van der Waals surface area contributed by atoms with Gasteiger partial charge < -0.3 is 5.32 Å². The summed E-state index contributed by atoms with van der Waals surface area (Å²) in [6.07, 6.45) is 1.82. The predicted octanol–water partition coefficient (Wildman–Crippen LogP) is 2.33. The molecule has 0 radical (unpaired) electrons. The molecule has 0 aliphatic heterocycles. The highest BCUT2D eigenvalue weighted by molar-refractivity contribution is 7.17. The Morgan fingerprint density at radius 3 is 2.59 bits per heavy atom. The van der Waals surface area contributed by atoms with E-state index in [1.165, 1.54) is 40.2 Å². The number of fused-ring (bicyclic) bond motifs is 1. The van der Waals surface area contributed by atoms with E-state index < -0.39 is 11.2 Å². The first-order valence-corrected chi connectivity index (χ1v) is 9.61. The predicted molar refractivity (Wildman–Crippen MR) is 104 cm³/mol. The number of thiophene rings is 1. The molecule has 6 nitrogen and oxygen atoms in total. The van der Waals surface area contributed by atoms with E-state index in [1.807, 2.05) is 6.92 Å². The monoisotopic (exact) mass is 389 g/mol. The molecule has 27 heavy (non-hydrogen) atoms. The zero-order valence-corrected chi connectivity index (χ0v) is 15.7. The summed E-state index contributed by atoms with van der Waals surface area (Å²) in [5.74, 6) is -0.661. The second kappa shape index (κ2) is 8.30. The Labute approximate surface area is 158 Å². The van der Waals surface area contributed by atoms with Crippen LogP contribution in [0.1, 0.15) is 25.3 Å². The van der Waals surface area contributed by atoms with E-state index in [4.69, 9.17) is 0 Å². The van der Waals surface area contributed by atoms with Gasteiger partial charge in [0.25, 0.3) is 5.56 Å². The number of halogens is 1. The maximum atomic E-state index is 13.1. The Balaban J connectivity index is 1.99. The Hall–Kier alpha value is -2.74. The minimum absolute atomic E-state index is 0.0171. The van der Waals surface area contributed by atoms with Crippen molar-refractivity contribution in [2.75, 3.05) is 6.54 Å². The first-order chi connectivity index (χ1) is 13.0. The average molecular weight is 389 g/mol. The van der Waals surface area contributed by atoms with Crippen molar-refractivity contribution in [2.24, 2.45) is 0 Å². The summed E-state index contributed by atoms with van der Waals surface area (Å²) >= 11 is 1.23. The van der Waals surface area contributed by atoms with Crippen LogP contribution in [0.25, 0.3) is 10.2 Å². The fourth-order valence-electron chi connectivity index (χ4n) is 2.80. The molecule has 142 valence electrons. The van der Waals surface area contributed by atoms with E-state index in [9.17, 15) is 18.8 Å². The molecule has 8 heteroatoms. The van der Waals surface area contributed by atoms with Gasteiger partial charge in [-0.15, -0.1) is 11.3 Å². The van der Waals surface area contributed by atoms with Crippen molar-refractivity contribution in [3.8, 4) is 0 Å². The highest BCUT2D eigenvalue weighted by atomic mass is 32.1. The van der Waals surface area contributed by atoms with Crippen molar-refractivity contribution < 1.29 is 9.18 Å². The summed E-state index contributed by atoms with van der Waals surface area (Å²) in [5, 5.41) is 4.50. The first-order valence-electron chi connectivity index (χ1n) is 8.73. The number of hydrogen-bond acceptors (Lipinski definition) is 4. The second-order valence-corrected chi connectivity index (χ2v) is 7.14. The number of rotatable bonds is 7. The van der Waals surface area contributed by atoms with Gasteiger partial charge in [-0.25, -0.2) is 9.18 Å². The molecule has 0 saturated heterocycles. The summed E-state index contributed by atoms with van der Waals surface area (Å²) in [7, 11) is 0. The van der Waals surface area contributed by atoms with Crippen LogP contribution in [0.4, 0.5) is 4.39 Å².